The molecule has 1 saturated carbocycles. The Morgan fingerprint density at radius 1 is 1.00 bits per heavy atom. The van der Waals surface area contributed by atoms with Crippen LogP contribution in [0.4, 0.5) is 0 Å². The molecule has 14 heavy (non-hydrogen) atoms. The van der Waals surface area contributed by atoms with E-state index in [9.17, 15) is 19.8 Å². The summed E-state index contributed by atoms with van der Waals surface area (Å²) in [6.45, 7) is 0. The van der Waals surface area contributed by atoms with Gasteiger partial charge in [0.15, 0.2) is 0 Å². The summed E-state index contributed by atoms with van der Waals surface area (Å²) in [4.78, 5) is 21.0. The monoisotopic (exact) mass is 224 g/mol. The average molecular weight is 224 g/mol. The Balaban J connectivity index is 0.00000169. The van der Waals surface area contributed by atoms with Crippen molar-refractivity contribution in [1.82, 2.24) is 0 Å². The largest absolute Gasteiger partial charge is 2.00 e. The summed E-state index contributed by atoms with van der Waals surface area (Å²) < 4.78 is 0. The van der Waals surface area contributed by atoms with Crippen molar-refractivity contribution in [1.29, 1.82) is 0 Å². The number of carbonyl (C=O) groups excluding carboxylic acids is 2. The molecular weight excluding hydrogens is 212 g/mol. The van der Waals surface area contributed by atoms with Crippen molar-refractivity contribution in [2.75, 3.05) is 0 Å². The van der Waals surface area contributed by atoms with E-state index in [-0.39, 0.29) is 43.7 Å². The number of carbonyl (C=O) groups is 2. The molecule has 4 nitrogen and oxygen atoms in total. The zero-order valence-corrected chi connectivity index (χ0v) is 10.2. The molecule has 0 radical (unpaired) electrons. The summed E-state index contributed by atoms with van der Waals surface area (Å²) in [5, 5.41) is 21.0. The van der Waals surface area contributed by atoms with Crippen LogP contribution in [0, 0.1) is 11.8 Å². The Morgan fingerprint density at radius 3 is 1.79 bits per heavy atom. The van der Waals surface area contributed by atoms with E-state index in [4.69, 9.17) is 0 Å². The Morgan fingerprint density at radius 2 is 1.43 bits per heavy atom. The molecule has 5 heteroatoms. The summed E-state index contributed by atoms with van der Waals surface area (Å²) in [6.07, 6.45) is 4.19. The quantitative estimate of drug-likeness (QED) is 0.423. The molecule has 0 atom stereocenters. The van der Waals surface area contributed by atoms with Gasteiger partial charge in [-0.25, -0.2) is 0 Å². The van der Waals surface area contributed by atoms with E-state index < -0.39 is 17.9 Å². The van der Waals surface area contributed by atoms with E-state index in [0.29, 0.717) is 12.8 Å². The van der Waals surface area contributed by atoms with E-state index in [1.54, 1.807) is 0 Å². The molecule has 1 rings (SSSR count). The van der Waals surface area contributed by atoms with Crippen LogP contribution in [0.25, 0.3) is 0 Å². The average Bonchev–Trinajstić information content (AvgIpc) is 2.04. The molecule has 0 aromatic heterocycles. The van der Waals surface area contributed by atoms with Crippen LogP contribution < -0.4 is 10.2 Å². The number of hydrogen-bond acceptors (Lipinski definition) is 4. The minimum atomic E-state index is -1.51. The molecule has 1 fully saturated rings. The van der Waals surface area contributed by atoms with Crippen LogP contribution in [0.1, 0.15) is 32.1 Å². The molecule has 0 N–H and O–H groups in total. The van der Waals surface area contributed by atoms with Gasteiger partial charge in [0.2, 0.25) is 0 Å². The van der Waals surface area contributed by atoms with Crippen molar-refractivity contribution in [3.8, 4) is 0 Å². The molecule has 0 heterocycles. The first kappa shape index (κ1) is 14.2. The third-order valence-corrected chi connectivity index (χ3v) is 2.63. The van der Waals surface area contributed by atoms with Crippen molar-refractivity contribution in [2.24, 2.45) is 11.8 Å². The van der Waals surface area contributed by atoms with Crippen LogP contribution >= 0.6 is 0 Å². The van der Waals surface area contributed by atoms with Gasteiger partial charge in [-0.3, -0.25) is 0 Å². The van der Waals surface area contributed by atoms with Gasteiger partial charge in [-0.05, 0) is 18.8 Å². The summed E-state index contributed by atoms with van der Waals surface area (Å²) in [5.74, 6) is -4.72. The molecule has 0 amide bonds. The van der Waals surface area contributed by atoms with Crippen LogP contribution in [0.15, 0.2) is 0 Å². The third kappa shape index (κ3) is 3.75. The van der Waals surface area contributed by atoms with Gasteiger partial charge < -0.3 is 19.8 Å². The molecule has 1 aliphatic carbocycles. The van der Waals surface area contributed by atoms with Crippen molar-refractivity contribution in [3.63, 3.8) is 0 Å². The first-order valence-electron chi connectivity index (χ1n) is 4.54. The van der Waals surface area contributed by atoms with Gasteiger partial charge >= 0.3 is 37.7 Å². The van der Waals surface area contributed by atoms with E-state index in [1.807, 2.05) is 0 Å². The van der Waals surface area contributed by atoms with Gasteiger partial charge in [-0.2, -0.15) is 0 Å². The van der Waals surface area contributed by atoms with E-state index in [1.165, 1.54) is 0 Å². The molecule has 0 saturated heterocycles. The maximum Gasteiger partial charge on any atom is 2.00 e. The molecule has 1 aliphatic rings. The first-order chi connectivity index (χ1) is 6.13. The SMILES string of the molecule is O=C([O-])C(C(=O)[O-])C1CCCCC1.[Ca+2]. The summed E-state index contributed by atoms with van der Waals surface area (Å²) in [5.41, 5.74) is 0. The number of rotatable bonds is 3. The van der Waals surface area contributed by atoms with Crippen LogP contribution in [0.5, 0.6) is 0 Å². The predicted octanol–water partition coefficient (Wildman–Crippen LogP) is -1.70. The fourth-order valence-corrected chi connectivity index (χ4v) is 1.95. The van der Waals surface area contributed by atoms with Gasteiger partial charge in [-0.1, -0.05) is 19.3 Å². The third-order valence-electron chi connectivity index (χ3n) is 2.63. The number of hydrogen-bond donors (Lipinski definition) is 0. The van der Waals surface area contributed by atoms with Crippen LogP contribution in [0.3, 0.4) is 0 Å². The van der Waals surface area contributed by atoms with Crippen molar-refractivity contribution < 1.29 is 19.8 Å². The minimum absolute atomic E-state index is 0. The minimum Gasteiger partial charge on any atom is -0.549 e. The van der Waals surface area contributed by atoms with Gasteiger partial charge in [0, 0.05) is 5.92 Å². The molecule has 74 valence electrons. The normalized spacial score (nSPS) is 17.5. The Bertz CT molecular complexity index is 197. The molecule has 0 aromatic rings. The van der Waals surface area contributed by atoms with Gasteiger partial charge in [-0.15, -0.1) is 0 Å². The predicted molar refractivity (Wildman–Crippen MR) is 45.8 cm³/mol. The second kappa shape index (κ2) is 6.64. The maximum absolute atomic E-state index is 10.5. The van der Waals surface area contributed by atoms with Crippen LogP contribution in [-0.2, 0) is 9.59 Å². The van der Waals surface area contributed by atoms with E-state index >= 15 is 0 Å². The first-order valence-corrected chi connectivity index (χ1v) is 4.54. The van der Waals surface area contributed by atoms with Gasteiger partial charge in [0.25, 0.3) is 0 Å². The summed E-state index contributed by atoms with van der Waals surface area (Å²) >= 11 is 0. The van der Waals surface area contributed by atoms with Crippen molar-refractivity contribution in [2.45, 2.75) is 32.1 Å². The summed E-state index contributed by atoms with van der Waals surface area (Å²) in [6, 6.07) is 0. The maximum atomic E-state index is 10.5. The number of carboxylic acid groups (broad SMARTS) is 2. The zero-order valence-electron chi connectivity index (χ0n) is 8.03. The Labute approximate surface area is 113 Å². The van der Waals surface area contributed by atoms with Crippen LogP contribution in [0.2, 0.25) is 0 Å². The fourth-order valence-electron chi connectivity index (χ4n) is 1.95. The molecule has 0 unspecified atom stereocenters. The zero-order chi connectivity index (χ0) is 9.84. The second-order valence-electron chi connectivity index (χ2n) is 3.51. The number of aliphatic carboxylic acids is 2. The van der Waals surface area contributed by atoms with E-state index in [0.717, 1.165) is 19.3 Å². The molecule has 0 spiro atoms. The molecule has 0 bridgehead atoms. The van der Waals surface area contributed by atoms with Crippen molar-refractivity contribution >= 4 is 49.7 Å². The second-order valence-corrected chi connectivity index (χ2v) is 3.51. The van der Waals surface area contributed by atoms with Gasteiger partial charge in [0.05, 0.1) is 11.9 Å². The molecular formula is C9H12CaO4. The molecule has 0 aliphatic heterocycles. The summed E-state index contributed by atoms with van der Waals surface area (Å²) in [7, 11) is 0. The number of carboxylic acids is 2. The topological polar surface area (TPSA) is 80.3 Å². The Hall–Kier alpha value is 0.200. The Kier molecular flexibility index (Phi) is 6.74. The smallest absolute Gasteiger partial charge is 0.549 e. The fraction of sp³-hybridized carbons (Fsp3) is 0.778. The van der Waals surface area contributed by atoms with Crippen LogP contribution in [-0.4, -0.2) is 49.7 Å². The molecule has 0 aromatic carbocycles. The van der Waals surface area contributed by atoms with Crippen molar-refractivity contribution in [3.05, 3.63) is 0 Å². The van der Waals surface area contributed by atoms with E-state index in [2.05, 4.69) is 0 Å². The van der Waals surface area contributed by atoms with Gasteiger partial charge in [0.1, 0.15) is 0 Å². The standard InChI is InChI=1S/C9H14O4.Ca/c10-8(11)7(9(12)13)6-4-2-1-3-5-6;/h6-7H,1-5H2,(H,10,11)(H,12,13);/q;+2/p-2.